The van der Waals surface area contributed by atoms with Gasteiger partial charge in [-0.3, -0.25) is 9.36 Å². The summed E-state index contributed by atoms with van der Waals surface area (Å²) in [6.07, 6.45) is 0.708. The Bertz CT molecular complexity index is 646. The van der Waals surface area contributed by atoms with Crippen LogP contribution < -0.4 is 0 Å². The minimum absolute atomic E-state index is 0.0481. The second-order valence-corrected chi connectivity index (χ2v) is 6.58. The zero-order chi connectivity index (χ0) is 14.7. The molecule has 0 atom stereocenters. The van der Waals surface area contributed by atoms with Crippen molar-refractivity contribution in [1.29, 1.82) is 0 Å². The number of rotatable bonds is 5. The number of carboxylic acids is 1. The lowest BCUT2D eigenvalue weighted by Gasteiger charge is -2.11. The Morgan fingerprint density at radius 1 is 1.40 bits per heavy atom. The molecule has 106 valence electrons. The minimum Gasteiger partial charge on any atom is -0.481 e. The third-order valence-corrected chi connectivity index (χ3v) is 4.57. The average Bonchev–Trinajstić information content (AvgIpc) is 2.82. The van der Waals surface area contributed by atoms with E-state index in [0.29, 0.717) is 11.6 Å². The van der Waals surface area contributed by atoms with Crippen LogP contribution in [0.2, 0.25) is 0 Å². The molecule has 8 heteroatoms. The maximum absolute atomic E-state index is 10.7. The van der Waals surface area contributed by atoms with Gasteiger partial charge in [0.25, 0.3) is 0 Å². The predicted molar refractivity (Wildman–Crippen MR) is 84.5 cm³/mol. The maximum atomic E-state index is 10.7. The number of hydrogen-bond donors (Lipinski definition) is 1. The average molecular weight is 421 g/mol. The van der Waals surface area contributed by atoms with Crippen molar-refractivity contribution in [1.82, 2.24) is 14.8 Å². The fourth-order valence-electron chi connectivity index (χ4n) is 1.65. The van der Waals surface area contributed by atoms with Gasteiger partial charge in [0.05, 0.1) is 11.4 Å². The summed E-state index contributed by atoms with van der Waals surface area (Å²) in [5, 5.41) is 17.6. The van der Waals surface area contributed by atoms with Crippen LogP contribution in [0.15, 0.2) is 32.3 Å². The van der Waals surface area contributed by atoms with Crippen molar-refractivity contribution < 1.29 is 9.90 Å². The fourth-order valence-corrected chi connectivity index (χ4v) is 3.11. The molecule has 0 saturated heterocycles. The molecule has 0 unspecified atom stereocenters. The Labute approximate surface area is 137 Å². The highest BCUT2D eigenvalue weighted by molar-refractivity contribution is 9.11. The Balaban J connectivity index is 2.50. The molecule has 0 bridgehead atoms. The van der Waals surface area contributed by atoms with E-state index in [1.54, 1.807) is 0 Å². The highest BCUT2D eigenvalue weighted by atomic mass is 79.9. The summed E-state index contributed by atoms with van der Waals surface area (Å²) < 4.78 is 3.70. The zero-order valence-corrected chi connectivity index (χ0v) is 14.5. The van der Waals surface area contributed by atoms with Gasteiger partial charge in [-0.05, 0) is 34.1 Å². The number of aromatic nitrogens is 3. The Kier molecular flexibility index (Phi) is 5.22. The molecule has 2 rings (SSSR count). The molecule has 0 aliphatic carbocycles. The summed E-state index contributed by atoms with van der Waals surface area (Å²) in [4.78, 5) is 10.7. The van der Waals surface area contributed by atoms with Gasteiger partial charge in [-0.1, -0.05) is 34.6 Å². The first-order valence-corrected chi connectivity index (χ1v) is 8.34. The van der Waals surface area contributed by atoms with Gasteiger partial charge in [-0.15, -0.1) is 10.2 Å². The van der Waals surface area contributed by atoms with E-state index in [0.717, 1.165) is 32.2 Å². The molecule has 1 aromatic heterocycles. The first-order valence-electron chi connectivity index (χ1n) is 5.77. The normalized spacial score (nSPS) is 10.8. The maximum Gasteiger partial charge on any atom is 0.313 e. The highest BCUT2D eigenvalue weighted by Gasteiger charge is 2.16. The molecule has 0 spiro atoms. The molecule has 0 aliphatic heterocycles. The van der Waals surface area contributed by atoms with Gasteiger partial charge in [0, 0.05) is 15.4 Å². The first kappa shape index (κ1) is 15.5. The van der Waals surface area contributed by atoms with Crippen LogP contribution in [0.3, 0.4) is 0 Å². The molecule has 5 nitrogen and oxygen atoms in total. The van der Waals surface area contributed by atoms with Crippen LogP contribution >= 0.6 is 43.6 Å². The third-order valence-electron chi connectivity index (χ3n) is 2.49. The van der Waals surface area contributed by atoms with E-state index in [4.69, 9.17) is 5.11 Å². The Morgan fingerprint density at radius 2 is 2.15 bits per heavy atom. The smallest absolute Gasteiger partial charge is 0.313 e. The van der Waals surface area contributed by atoms with E-state index in [2.05, 4.69) is 42.1 Å². The molecule has 1 heterocycles. The third kappa shape index (κ3) is 3.42. The number of aryl methyl sites for hydroxylation is 1. The first-order chi connectivity index (χ1) is 9.52. The lowest BCUT2D eigenvalue weighted by molar-refractivity contribution is -0.133. The monoisotopic (exact) mass is 419 g/mol. The number of benzene rings is 1. The standard InChI is InChI=1S/C12H11Br2N3O2S/c1-2-10-15-16-12(20-6-11(18)19)17(10)9-5-7(13)3-4-8(9)14/h3-5H,2,6H2,1H3,(H,18,19). The van der Waals surface area contributed by atoms with Crippen molar-refractivity contribution in [3.8, 4) is 5.69 Å². The van der Waals surface area contributed by atoms with Crippen LogP contribution in [0.25, 0.3) is 5.69 Å². The van der Waals surface area contributed by atoms with Gasteiger partial charge in [0.15, 0.2) is 5.16 Å². The summed E-state index contributed by atoms with van der Waals surface area (Å²) in [7, 11) is 0. The summed E-state index contributed by atoms with van der Waals surface area (Å²) in [5.74, 6) is -0.138. The molecule has 1 aromatic carbocycles. The lowest BCUT2D eigenvalue weighted by Crippen LogP contribution is -2.05. The molecule has 0 fully saturated rings. The van der Waals surface area contributed by atoms with Gasteiger partial charge in [0.1, 0.15) is 5.82 Å². The van der Waals surface area contributed by atoms with Crippen molar-refractivity contribution in [2.75, 3.05) is 5.75 Å². The summed E-state index contributed by atoms with van der Waals surface area (Å²) in [6.45, 7) is 1.98. The van der Waals surface area contributed by atoms with E-state index >= 15 is 0 Å². The van der Waals surface area contributed by atoms with E-state index in [1.165, 1.54) is 0 Å². The van der Waals surface area contributed by atoms with Gasteiger partial charge >= 0.3 is 5.97 Å². The number of hydrogen-bond acceptors (Lipinski definition) is 4. The van der Waals surface area contributed by atoms with Crippen molar-refractivity contribution in [2.45, 2.75) is 18.5 Å². The summed E-state index contributed by atoms with van der Waals surface area (Å²) in [5.41, 5.74) is 0.883. The topological polar surface area (TPSA) is 68.0 Å². The quantitative estimate of drug-likeness (QED) is 0.749. The molecule has 0 aliphatic rings. The number of carboxylic acid groups (broad SMARTS) is 1. The van der Waals surface area contributed by atoms with Gasteiger partial charge < -0.3 is 5.11 Å². The lowest BCUT2D eigenvalue weighted by atomic mass is 10.3. The molecule has 0 saturated carbocycles. The number of nitrogens with zero attached hydrogens (tertiary/aromatic N) is 3. The van der Waals surface area contributed by atoms with Gasteiger partial charge in [-0.25, -0.2) is 0 Å². The fraction of sp³-hybridized carbons (Fsp3) is 0.250. The number of aliphatic carboxylic acids is 1. The highest BCUT2D eigenvalue weighted by Crippen LogP contribution is 2.30. The number of carbonyl (C=O) groups is 1. The number of halogens is 2. The minimum atomic E-state index is -0.879. The van der Waals surface area contributed by atoms with Gasteiger partial charge in [0.2, 0.25) is 0 Å². The van der Waals surface area contributed by atoms with Crippen LogP contribution in [0, 0.1) is 0 Å². The van der Waals surface area contributed by atoms with Gasteiger partial charge in [-0.2, -0.15) is 0 Å². The summed E-state index contributed by atoms with van der Waals surface area (Å²) in [6, 6.07) is 5.79. The van der Waals surface area contributed by atoms with E-state index in [1.807, 2.05) is 29.7 Å². The molecule has 1 N–H and O–H groups in total. The number of thioether (sulfide) groups is 1. The molecule has 2 aromatic rings. The van der Waals surface area contributed by atoms with Crippen LogP contribution in [0.4, 0.5) is 0 Å². The molecule has 0 amide bonds. The van der Waals surface area contributed by atoms with Crippen LogP contribution in [-0.4, -0.2) is 31.6 Å². The van der Waals surface area contributed by atoms with E-state index in [-0.39, 0.29) is 5.75 Å². The van der Waals surface area contributed by atoms with Crippen molar-refractivity contribution in [3.63, 3.8) is 0 Å². The Hall–Kier alpha value is -0.860. The second-order valence-electron chi connectivity index (χ2n) is 3.87. The summed E-state index contributed by atoms with van der Waals surface area (Å²) >= 11 is 8.10. The zero-order valence-electron chi connectivity index (χ0n) is 10.5. The van der Waals surface area contributed by atoms with E-state index < -0.39 is 5.97 Å². The second kappa shape index (κ2) is 6.73. The van der Waals surface area contributed by atoms with Crippen molar-refractivity contribution in [2.24, 2.45) is 0 Å². The van der Waals surface area contributed by atoms with Crippen molar-refractivity contribution in [3.05, 3.63) is 33.0 Å². The molecular formula is C12H11Br2N3O2S. The molecular weight excluding hydrogens is 410 g/mol. The molecule has 20 heavy (non-hydrogen) atoms. The van der Waals surface area contributed by atoms with Crippen LogP contribution in [0.5, 0.6) is 0 Å². The van der Waals surface area contributed by atoms with Crippen LogP contribution in [0.1, 0.15) is 12.7 Å². The van der Waals surface area contributed by atoms with E-state index in [9.17, 15) is 4.79 Å². The van der Waals surface area contributed by atoms with Crippen LogP contribution in [-0.2, 0) is 11.2 Å². The largest absolute Gasteiger partial charge is 0.481 e. The SMILES string of the molecule is CCc1nnc(SCC(=O)O)n1-c1cc(Br)ccc1Br. The molecule has 0 radical (unpaired) electrons. The van der Waals surface area contributed by atoms with Crippen molar-refractivity contribution >= 4 is 49.6 Å². The predicted octanol–water partition coefficient (Wildman–Crippen LogP) is 3.53. The Morgan fingerprint density at radius 3 is 2.80 bits per heavy atom.